The molecule has 0 aromatic rings. The Morgan fingerprint density at radius 1 is 0.250 bits per heavy atom. The predicted octanol–water partition coefficient (Wildman–Crippen LogP) is 13.2. The van der Waals surface area contributed by atoms with Crippen LogP contribution in [0.25, 0.3) is 0 Å². The molecule has 0 unspecified atom stereocenters. The summed E-state index contributed by atoms with van der Waals surface area (Å²) in [7, 11) is 0. The van der Waals surface area contributed by atoms with E-state index in [2.05, 4.69) is 176 Å². The van der Waals surface area contributed by atoms with E-state index < -0.39 is 0 Å². The van der Waals surface area contributed by atoms with E-state index in [1.807, 2.05) is 13.0 Å². The van der Waals surface area contributed by atoms with E-state index in [1.54, 1.807) is 0 Å². The molecule has 0 spiro atoms. The Labute approximate surface area is 272 Å². The van der Waals surface area contributed by atoms with Gasteiger partial charge in [-0.25, -0.2) is 0 Å². The highest BCUT2D eigenvalue weighted by Crippen LogP contribution is 2.42. The fraction of sp³-hybridized carbons (Fsp3) is 0.349. The van der Waals surface area contributed by atoms with Crippen LogP contribution in [0.1, 0.15) is 104 Å². The van der Waals surface area contributed by atoms with Crippen LogP contribution in [0.15, 0.2) is 163 Å². The van der Waals surface area contributed by atoms with Gasteiger partial charge in [0.15, 0.2) is 0 Å². The van der Waals surface area contributed by atoms with Crippen LogP contribution in [0.4, 0.5) is 0 Å². The maximum absolute atomic E-state index is 6.48. The second-order valence-corrected chi connectivity index (χ2v) is 10.1. The minimum absolute atomic E-state index is 0.777. The van der Waals surface area contributed by atoms with Crippen molar-refractivity contribution in [2.24, 2.45) is 5.73 Å². The number of allylic oxidation sites excluding steroid dienone is 26. The third-order valence-corrected chi connectivity index (χ3v) is 8.14. The van der Waals surface area contributed by atoms with Gasteiger partial charge in [0.05, 0.1) is 0 Å². The van der Waals surface area contributed by atoms with Crippen molar-refractivity contribution in [1.82, 2.24) is 0 Å². The van der Waals surface area contributed by atoms with Gasteiger partial charge in [-0.15, -0.1) is 0 Å². The number of hydrogen-bond donors (Lipinski definition) is 1. The lowest BCUT2D eigenvalue weighted by atomic mass is 9.77. The van der Waals surface area contributed by atoms with E-state index in [4.69, 9.17) is 5.73 Å². The van der Waals surface area contributed by atoms with Crippen LogP contribution in [0, 0.1) is 0 Å². The Hall–Kier alpha value is -3.84. The molecule has 238 valence electrons. The van der Waals surface area contributed by atoms with Crippen molar-refractivity contribution in [3.05, 3.63) is 163 Å². The first-order chi connectivity index (χ1) is 21.1. The molecule has 2 N–H and O–H groups in total. The molecule has 0 aliphatic carbocycles. The van der Waals surface area contributed by atoms with E-state index in [-0.39, 0.29) is 0 Å². The summed E-state index contributed by atoms with van der Waals surface area (Å²) >= 11 is 0. The fourth-order valence-electron chi connectivity index (χ4n) is 5.95. The predicted molar refractivity (Wildman–Crippen MR) is 202 cm³/mol. The number of nitrogens with two attached hydrogens (primary N) is 1. The van der Waals surface area contributed by atoms with Gasteiger partial charge < -0.3 is 5.73 Å². The molecule has 1 nitrogen and oxygen atoms in total. The number of rotatable bonds is 13. The quantitative estimate of drug-likeness (QED) is 0.212. The minimum Gasteiger partial charge on any atom is -0.399 e. The van der Waals surface area contributed by atoms with Gasteiger partial charge >= 0.3 is 0 Å². The van der Waals surface area contributed by atoms with Crippen molar-refractivity contribution in [3.63, 3.8) is 0 Å². The summed E-state index contributed by atoms with van der Waals surface area (Å²) in [6.07, 6.45) is 30.8. The second kappa shape index (κ2) is 21.0. The molecule has 0 fully saturated rings. The third kappa shape index (κ3) is 9.08. The molecule has 0 aromatic carbocycles. The lowest BCUT2D eigenvalue weighted by molar-refractivity contribution is 1.20. The average molecular weight is 592 g/mol. The zero-order chi connectivity index (χ0) is 34.0. The maximum atomic E-state index is 6.48. The molecule has 0 aliphatic heterocycles. The molecular formula is C43H61N. The highest BCUT2D eigenvalue weighted by Gasteiger charge is 2.24. The van der Waals surface area contributed by atoms with Gasteiger partial charge in [-0.3, -0.25) is 0 Å². The van der Waals surface area contributed by atoms with Crippen LogP contribution in [0.5, 0.6) is 0 Å². The lowest BCUT2D eigenvalue weighted by Gasteiger charge is -2.27. The molecule has 0 atom stereocenters. The zero-order valence-corrected chi connectivity index (χ0v) is 30.7. The van der Waals surface area contributed by atoms with Gasteiger partial charge in [-0.2, -0.15) is 0 Å². The summed E-state index contributed by atoms with van der Waals surface area (Å²) in [4.78, 5) is 0. The third-order valence-electron chi connectivity index (χ3n) is 8.14. The zero-order valence-electron chi connectivity index (χ0n) is 30.7. The van der Waals surface area contributed by atoms with Crippen molar-refractivity contribution < 1.29 is 0 Å². The van der Waals surface area contributed by atoms with Crippen molar-refractivity contribution in [2.45, 2.75) is 104 Å². The summed E-state index contributed by atoms with van der Waals surface area (Å²) in [5, 5.41) is 0. The highest BCUT2D eigenvalue weighted by molar-refractivity contribution is 5.76. The van der Waals surface area contributed by atoms with Crippen LogP contribution < -0.4 is 5.73 Å². The minimum atomic E-state index is 0.777. The largest absolute Gasteiger partial charge is 0.399 e. The standard InChI is InChI=1S/C43H61N/c1-16-30(15)31(17-2)32(18-3)33(19-4)34(20-5)35(21-6)36(22-7)37(23-8)38(24-9)39(25-10)40(26-11)41(27-12)42(28-13)43(44)29-14/h16-29H,44H2,1-15H3. The van der Waals surface area contributed by atoms with E-state index in [0.717, 1.165) is 22.4 Å². The molecule has 0 radical (unpaired) electrons. The van der Waals surface area contributed by atoms with Gasteiger partial charge in [0, 0.05) is 11.3 Å². The smallest absolute Gasteiger partial charge is 0.0347 e. The normalized spacial score (nSPS) is 17.6. The summed E-state index contributed by atoms with van der Waals surface area (Å²) < 4.78 is 0. The van der Waals surface area contributed by atoms with Gasteiger partial charge in [0.1, 0.15) is 0 Å². The molecular weight excluding hydrogens is 530 g/mol. The van der Waals surface area contributed by atoms with Crippen LogP contribution in [0.2, 0.25) is 0 Å². The summed E-state index contributed by atoms with van der Waals surface area (Å²) in [6.45, 7) is 31.7. The fourth-order valence-corrected chi connectivity index (χ4v) is 5.95. The molecule has 0 saturated carbocycles. The maximum Gasteiger partial charge on any atom is 0.0347 e. The molecule has 0 aromatic heterocycles. The van der Waals surface area contributed by atoms with Gasteiger partial charge in [-0.1, -0.05) is 85.1 Å². The topological polar surface area (TPSA) is 26.0 Å². The molecule has 0 saturated heterocycles. The van der Waals surface area contributed by atoms with Crippen molar-refractivity contribution in [2.75, 3.05) is 0 Å². The van der Waals surface area contributed by atoms with Crippen LogP contribution in [0.3, 0.4) is 0 Å². The Kier molecular flexibility index (Phi) is 19.1. The molecule has 0 heterocycles. The molecule has 0 aliphatic rings. The van der Waals surface area contributed by atoms with E-state index in [9.17, 15) is 0 Å². The van der Waals surface area contributed by atoms with Crippen molar-refractivity contribution in [1.29, 1.82) is 0 Å². The molecule has 0 amide bonds. The second-order valence-electron chi connectivity index (χ2n) is 10.1. The first-order valence-electron chi connectivity index (χ1n) is 16.2. The summed E-state index contributed by atoms with van der Waals surface area (Å²) in [5.41, 5.74) is 22.8. The van der Waals surface area contributed by atoms with Gasteiger partial charge in [0.25, 0.3) is 0 Å². The first-order valence-corrected chi connectivity index (χ1v) is 16.2. The molecule has 1 heteroatoms. The van der Waals surface area contributed by atoms with E-state index in [0.29, 0.717) is 0 Å². The Morgan fingerprint density at radius 3 is 0.591 bits per heavy atom. The van der Waals surface area contributed by atoms with Crippen LogP contribution in [-0.4, -0.2) is 0 Å². The first kappa shape index (κ1) is 40.2. The lowest BCUT2D eigenvalue weighted by Crippen LogP contribution is -2.10. The summed E-state index contributed by atoms with van der Waals surface area (Å²) in [6, 6.07) is 0. The van der Waals surface area contributed by atoms with E-state index in [1.165, 1.54) is 55.7 Å². The summed E-state index contributed by atoms with van der Waals surface area (Å²) in [5.74, 6) is 0. The SMILES string of the molecule is CC=C(C)C(=CC)C(=CC)C(=CC)C(=CC)C(=CC)C(=CC)C(=CC)C(=CC)C(=CC)C(=CC)C(=CC)C(=CC)C(N)=CC. The highest BCUT2D eigenvalue weighted by atomic mass is 14.6. The Balaban J connectivity index is 7.44. The Morgan fingerprint density at radius 2 is 0.432 bits per heavy atom. The monoisotopic (exact) mass is 591 g/mol. The van der Waals surface area contributed by atoms with Gasteiger partial charge in [-0.05, 0) is 171 Å². The average Bonchev–Trinajstić information content (AvgIpc) is 3.06. The van der Waals surface area contributed by atoms with Gasteiger partial charge in [0.2, 0.25) is 0 Å². The van der Waals surface area contributed by atoms with Crippen molar-refractivity contribution in [3.8, 4) is 0 Å². The number of hydrogen-bond acceptors (Lipinski definition) is 1. The van der Waals surface area contributed by atoms with Crippen LogP contribution in [-0.2, 0) is 0 Å². The van der Waals surface area contributed by atoms with E-state index >= 15 is 0 Å². The molecule has 0 rings (SSSR count). The van der Waals surface area contributed by atoms with Crippen molar-refractivity contribution >= 4 is 0 Å². The molecule has 44 heavy (non-hydrogen) atoms. The Bertz CT molecular complexity index is 1340. The van der Waals surface area contributed by atoms with Crippen LogP contribution >= 0.6 is 0 Å². The molecule has 0 bridgehead atoms.